The number of nitrogens with one attached hydrogen (secondary N) is 2. The van der Waals surface area contributed by atoms with Crippen molar-refractivity contribution in [1.29, 1.82) is 0 Å². The molecule has 2 saturated heterocycles. The van der Waals surface area contributed by atoms with Crippen LogP contribution < -0.4 is 10.6 Å². The number of ether oxygens (including phenoxy) is 2. The Kier molecular flexibility index (Phi) is 8.09. The van der Waals surface area contributed by atoms with E-state index in [1.54, 1.807) is 29.2 Å². The second-order valence-corrected chi connectivity index (χ2v) is 12.3. The summed E-state index contributed by atoms with van der Waals surface area (Å²) >= 11 is 6.00. The Balaban J connectivity index is 1.40. The summed E-state index contributed by atoms with van der Waals surface area (Å²) in [6.07, 6.45) is 6.93. The van der Waals surface area contributed by atoms with Crippen LogP contribution in [-0.2, 0) is 23.9 Å². The topological polar surface area (TPSA) is 97.0 Å². The number of anilines is 1. The first-order valence-electron chi connectivity index (χ1n) is 14.3. The van der Waals surface area contributed by atoms with Gasteiger partial charge in [-0.1, -0.05) is 50.4 Å². The van der Waals surface area contributed by atoms with Crippen LogP contribution in [0.5, 0.6) is 0 Å². The molecule has 1 aromatic carbocycles. The Morgan fingerprint density at radius 3 is 2.64 bits per heavy atom. The van der Waals surface area contributed by atoms with E-state index in [1.165, 1.54) is 0 Å². The molecule has 0 radical (unpaired) electrons. The van der Waals surface area contributed by atoms with Crippen LogP contribution in [-0.4, -0.2) is 65.7 Å². The average Bonchev–Trinajstić information content (AvgIpc) is 3.53. The van der Waals surface area contributed by atoms with E-state index in [-0.39, 0.29) is 29.9 Å². The maximum Gasteiger partial charge on any atom is 0.246 e. The first-order chi connectivity index (χ1) is 18.6. The van der Waals surface area contributed by atoms with Gasteiger partial charge >= 0.3 is 0 Å². The number of rotatable bonds is 9. The molecule has 4 aliphatic rings. The van der Waals surface area contributed by atoms with Crippen molar-refractivity contribution in [2.45, 2.75) is 83.3 Å². The van der Waals surface area contributed by atoms with Crippen molar-refractivity contribution in [3.8, 4) is 0 Å². The Bertz CT molecular complexity index is 1120. The minimum atomic E-state index is -1.17. The van der Waals surface area contributed by atoms with Gasteiger partial charge in [0, 0.05) is 29.9 Å². The fourth-order valence-electron chi connectivity index (χ4n) is 6.87. The summed E-state index contributed by atoms with van der Waals surface area (Å²) in [6, 6.07) is 6.05. The number of fused-ring (bicyclic) bond motifs is 1. The predicted octanol–water partition coefficient (Wildman–Crippen LogP) is 4.19. The summed E-state index contributed by atoms with van der Waals surface area (Å²) in [5.41, 5.74) is -0.580. The van der Waals surface area contributed by atoms with Crippen LogP contribution in [0, 0.1) is 23.7 Å². The second-order valence-electron chi connectivity index (χ2n) is 11.9. The number of hydrogen-bond donors (Lipinski definition) is 2. The molecule has 5 rings (SSSR count). The molecule has 1 aromatic rings. The van der Waals surface area contributed by atoms with Crippen molar-refractivity contribution < 1.29 is 23.9 Å². The van der Waals surface area contributed by atoms with Gasteiger partial charge in [-0.05, 0) is 62.8 Å². The molecule has 8 nitrogen and oxygen atoms in total. The number of carbonyl (C=O) groups excluding carboxylic acids is 3. The Labute approximate surface area is 235 Å². The van der Waals surface area contributed by atoms with Crippen LogP contribution in [0.25, 0.3) is 0 Å². The van der Waals surface area contributed by atoms with E-state index in [4.69, 9.17) is 21.1 Å². The fourth-order valence-corrected chi connectivity index (χ4v) is 6.99. The summed E-state index contributed by atoms with van der Waals surface area (Å²) in [4.78, 5) is 43.2. The quantitative estimate of drug-likeness (QED) is 0.351. The highest BCUT2D eigenvalue weighted by atomic mass is 35.5. The molecule has 3 aliphatic heterocycles. The Morgan fingerprint density at radius 2 is 1.92 bits per heavy atom. The molecule has 0 unspecified atom stereocenters. The van der Waals surface area contributed by atoms with Gasteiger partial charge in [-0.25, -0.2) is 0 Å². The van der Waals surface area contributed by atoms with Crippen LogP contribution in [0.15, 0.2) is 36.4 Å². The van der Waals surface area contributed by atoms with Gasteiger partial charge in [-0.2, -0.15) is 0 Å². The summed E-state index contributed by atoms with van der Waals surface area (Å²) in [7, 11) is 0. The van der Waals surface area contributed by atoms with E-state index in [2.05, 4.69) is 24.5 Å². The van der Waals surface area contributed by atoms with Gasteiger partial charge in [0.2, 0.25) is 17.7 Å². The third kappa shape index (κ3) is 5.23. The van der Waals surface area contributed by atoms with Crippen molar-refractivity contribution in [2.24, 2.45) is 23.7 Å². The molecule has 3 fully saturated rings. The third-order valence-electron chi connectivity index (χ3n) is 9.07. The van der Waals surface area contributed by atoms with Crippen molar-refractivity contribution in [2.75, 3.05) is 18.5 Å². The molecule has 39 heavy (non-hydrogen) atoms. The SMILES string of the molecule is CC(C)OCCCN1C(=O)[C@H]2[C@H](C(=O)Nc3ccc(Cl)cc3)[C@H]3C=C[C@@]2(O3)[C@@H]1C(=O)N[C@@H]1CCC[C@@H](C)[C@H]1C. The molecule has 2 N–H and O–H groups in total. The molecule has 3 heterocycles. The number of nitrogens with zero attached hydrogens (tertiary/aromatic N) is 1. The standard InChI is InChI=1S/C30H40ClN3O5/c1-17(2)38-16-6-15-34-26(28(36)33-22-8-5-7-18(3)19(22)4)30-14-13-23(39-30)24(25(30)29(34)37)27(35)32-21-11-9-20(31)10-12-21/h9-14,17-19,22-26H,5-8,15-16H2,1-4H3,(H,32,35)(H,33,36)/t18-,19-,22-,23-,24-,25-,26+,30+/m1/s1. The molecule has 9 heteroatoms. The summed E-state index contributed by atoms with van der Waals surface area (Å²) < 4.78 is 12.2. The normalized spacial score (nSPS) is 35.0. The van der Waals surface area contributed by atoms with Gasteiger partial charge in [0.05, 0.1) is 24.0 Å². The van der Waals surface area contributed by atoms with Crippen molar-refractivity contribution in [3.05, 3.63) is 41.4 Å². The van der Waals surface area contributed by atoms with E-state index >= 15 is 0 Å². The monoisotopic (exact) mass is 557 g/mol. The molecule has 3 amide bonds. The lowest BCUT2D eigenvalue weighted by Gasteiger charge is -2.38. The molecule has 1 aliphatic carbocycles. The van der Waals surface area contributed by atoms with E-state index in [1.807, 2.05) is 26.0 Å². The number of halogens is 1. The third-order valence-corrected chi connectivity index (χ3v) is 9.32. The van der Waals surface area contributed by atoms with Gasteiger partial charge in [0.15, 0.2) is 0 Å². The van der Waals surface area contributed by atoms with E-state index in [0.29, 0.717) is 42.1 Å². The highest BCUT2D eigenvalue weighted by Gasteiger charge is 2.72. The van der Waals surface area contributed by atoms with Crippen molar-refractivity contribution >= 4 is 35.0 Å². The van der Waals surface area contributed by atoms with Crippen LogP contribution >= 0.6 is 11.6 Å². The van der Waals surface area contributed by atoms with Gasteiger partial charge in [-0.3, -0.25) is 14.4 Å². The van der Waals surface area contributed by atoms with Gasteiger partial charge < -0.3 is 25.0 Å². The zero-order valence-electron chi connectivity index (χ0n) is 23.2. The molecular weight excluding hydrogens is 518 g/mol. The zero-order chi connectivity index (χ0) is 27.9. The smallest absolute Gasteiger partial charge is 0.246 e. The summed E-state index contributed by atoms with van der Waals surface area (Å²) in [5, 5.41) is 6.78. The van der Waals surface area contributed by atoms with Crippen LogP contribution in [0.1, 0.15) is 53.4 Å². The van der Waals surface area contributed by atoms with E-state index in [0.717, 1.165) is 19.3 Å². The van der Waals surface area contributed by atoms with Crippen molar-refractivity contribution in [3.63, 3.8) is 0 Å². The number of amides is 3. The van der Waals surface area contributed by atoms with Gasteiger partial charge in [0.25, 0.3) is 0 Å². The lowest BCUT2D eigenvalue weighted by Crippen LogP contribution is -2.58. The molecule has 1 spiro atoms. The minimum absolute atomic E-state index is 0.0458. The fraction of sp³-hybridized carbons (Fsp3) is 0.633. The van der Waals surface area contributed by atoms with Crippen LogP contribution in [0.3, 0.4) is 0 Å². The lowest BCUT2D eigenvalue weighted by molar-refractivity contribution is -0.142. The molecule has 1 saturated carbocycles. The summed E-state index contributed by atoms with van der Waals surface area (Å²) in [5.74, 6) is -1.37. The molecule has 0 aromatic heterocycles. The van der Waals surface area contributed by atoms with E-state index in [9.17, 15) is 14.4 Å². The first-order valence-corrected chi connectivity index (χ1v) is 14.7. The number of benzene rings is 1. The van der Waals surface area contributed by atoms with Crippen LogP contribution in [0.4, 0.5) is 5.69 Å². The maximum absolute atomic E-state index is 14.0. The average molecular weight is 558 g/mol. The van der Waals surface area contributed by atoms with Gasteiger partial charge in [0.1, 0.15) is 11.6 Å². The molecular formula is C30H40ClN3O5. The molecule has 212 valence electrons. The Hall–Kier alpha value is -2.42. The van der Waals surface area contributed by atoms with Gasteiger partial charge in [-0.15, -0.1) is 0 Å². The lowest BCUT2D eigenvalue weighted by atomic mass is 9.73. The summed E-state index contributed by atoms with van der Waals surface area (Å²) in [6.45, 7) is 9.18. The predicted molar refractivity (Wildman–Crippen MR) is 149 cm³/mol. The molecule has 2 bridgehead atoms. The number of hydrogen-bond acceptors (Lipinski definition) is 5. The Morgan fingerprint density at radius 1 is 1.18 bits per heavy atom. The first kappa shape index (κ1) is 28.1. The zero-order valence-corrected chi connectivity index (χ0v) is 23.9. The van der Waals surface area contributed by atoms with E-state index < -0.39 is 29.6 Å². The largest absolute Gasteiger partial charge is 0.379 e. The highest BCUT2D eigenvalue weighted by Crippen LogP contribution is 2.55. The van der Waals surface area contributed by atoms with Crippen molar-refractivity contribution in [1.82, 2.24) is 10.2 Å². The number of likely N-dealkylation sites (tertiary alicyclic amines) is 1. The second kappa shape index (κ2) is 11.2. The highest BCUT2D eigenvalue weighted by molar-refractivity contribution is 6.30. The maximum atomic E-state index is 14.0. The minimum Gasteiger partial charge on any atom is -0.379 e. The number of carbonyl (C=O) groups is 3. The van der Waals surface area contributed by atoms with Crippen LogP contribution in [0.2, 0.25) is 5.02 Å². The molecule has 8 atom stereocenters.